The van der Waals surface area contributed by atoms with Gasteiger partial charge in [0, 0.05) is 39.3 Å². The monoisotopic (exact) mass is 675 g/mol. The van der Waals surface area contributed by atoms with Crippen LogP contribution in [-0.4, -0.2) is 71.6 Å². The molecular formula is C41H82N6O. The van der Waals surface area contributed by atoms with Crippen LogP contribution in [-0.2, 0) is 4.74 Å². The highest BCUT2D eigenvalue weighted by molar-refractivity contribution is 5.01. The Balaban J connectivity index is 0.000000142. The van der Waals surface area contributed by atoms with E-state index < -0.39 is 0 Å². The minimum Gasteiger partial charge on any atom is -0.377 e. The summed E-state index contributed by atoms with van der Waals surface area (Å²) in [7, 11) is 0. The maximum Gasteiger partial charge on any atom is 0.0698 e. The first-order valence-corrected chi connectivity index (χ1v) is 21.4. The molecule has 48 heavy (non-hydrogen) atoms. The molecule has 0 aromatic carbocycles. The summed E-state index contributed by atoms with van der Waals surface area (Å²) in [5.41, 5.74) is 17.4. The minimum absolute atomic E-state index is 0.375. The summed E-state index contributed by atoms with van der Waals surface area (Å²) in [5, 5.41) is 9.90. The SMILES string of the molecule is C1CCC(CCCC2CCNCC2)CC1.C1CNCCN1.NCC12CC3CC(CC(C3)C1)C2.NCC1CCCCC1.NCC1CCCO1. The van der Waals surface area contributed by atoms with E-state index in [0.717, 1.165) is 87.8 Å². The molecule has 6 aliphatic carbocycles. The molecule has 0 amide bonds. The molecule has 0 spiro atoms. The Morgan fingerprint density at radius 1 is 0.500 bits per heavy atom. The first-order valence-electron chi connectivity index (χ1n) is 21.4. The van der Waals surface area contributed by atoms with Crippen LogP contribution in [0.25, 0.3) is 0 Å². The van der Waals surface area contributed by atoms with Crippen molar-refractivity contribution in [2.45, 2.75) is 154 Å². The normalized spacial score (nSPS) is 33.6. The molecule has 6 saturated carbocycles. The second kappa shape index (κ2) is 24.1. The van der Waals surface area contributed by atoms with E-state index in [1.165, 1.54) is 154 Å². The molecule has 1 unspecified atom stereocenters. The van der Waals surface area contributed by atoms with E-state index in [-0.39, 0.29) is 0 Å². The first-order chi connectivity index (χ1) is 23.6. The third kappa shape index (κ3) is 15.5. The van der Waals surface area contributed by atoms with Crippen molar-refractivity contribution in [3.05, 3.63) is 0 Å². The molecule has 3 heterocycles. The fourth-order valence-corrected chi connectivity index (χ4v) is 10.7. The molecule has 0 aromatic heterocycles. The van der Waals surface area contributed by atoms with Gasteiger partial charge in [-0.25, -0.2) is 0 Å². The standard InChI is InChI=1S/C14H27N.C11H19N.C7H15N.C5H11NO.C4H10N2/c1-2-5-13(6-3-1)7-4-8-14-9-11-15-12-10-14;12-7-11-4-8-1-9(5-11)3-10(2-8)6-11;8-6-7-4-2-1-3-5-7;6-4-5-2-1-3-7-5;1-2-6-4-3-5-1/h13-15H,1-12H2;8-10H,1-7,12H2;7H,1-6,8H2;5H,1-4,6H2;5-6H,1-4H2. The molecule has 3 aliphatic heterocycles. The third-order valence-corrected chi connectivity index (χ3v) is 13.3. The van der Waals surface area contributed by atoms with Crippen LogP contribution in [0.5, 0.6) is 0 Å². The van der Waals surface area contributed by atoms with Crippen LogP contribution >= 0.6 is 0 Å². The lowest BCUT2D eigenvalue weighted by Crippen LogP contribution is -2.49. The quantitative estimate of drug-likeness (QED) is 0.177. The number of piperidine rings is 1. The van der Waals surface area contributed by atoms with Gasteiger partial charge in [0.15, 0.2) is 0 Å². The summed E-state index contributed by atoms with van der Waals surface area (Å²) >= 11 is 0. The Bertz CT molecular complexity index is 704. The highest BCUT2D eigenvalue weighted by atomic mass is 16.5. The fourth-order valence-electron chi connectivity index (χ4n) is 10.7. The van der Waals surface area contributed by atoms with Gasteiger partial charge in [-0.2, -0.15) is 0 Å². The van der Waals surface area contributed by atoms with Gasteiger partial charge in [0.05, 0.1) is 6.10 Å². The van der Waals surface area contributed by atoms with Crippen LogP contribution in [0.1, 0.15) is 148 Å². The smallest absolute Gasteiger partial charge is 0.0698 e. The van der Waals surface area contributed by atoms with E-state index in [1.807, 2.05) is 0 Å². The summed E-state index contributed by atoms with van der Waals surface area (Å²) in [5.74, 6) is 6.22. The number of piperazine rings is 1. The lowest BCUT2D eigenvalue weighted by atomic mass is 9.50. The average Bonchev–Trinajstić information content (AvgIpc) is 3.69. The Labute approximate surface area is 297 Å². The largest absolute Gasteiger partial charge is 0.377 e. The minimum atomic E-state index is 0.375. The van der Waals surface area contributed by atoms with E-state index in [1.54, 1.807) is 0 Å². The molecule has 9 N–H and O–H groups in total. The van der Waals surface area contributed by atoms with Gasteiger partial charge in [-0.15, -0.1) is 0 Å². The highest BCUT2D eigenvalue weighted by Gasteiger charge is 2.49. The van der Waals surface area contributed by atoms with Gasteiger partial charge in [0.25, 0.3) is 0 Å². The van der Waals surface area contributed by atoms with Gasteiger partial charge < -0.3 is 37.9 Å². The molecule has 7 heteroatoms. The van der Waals surface area contributed by atoms with Crippen molar-refractivity contribution >= 4 is 0 Å². The van der Waals surface area contributed by atoms with Crippen LogP contribution in [0.15, 0.2) is 0 Å². The van der Waals surface area contributed by atoms with Gasteiger partial charge in [-0.1, -0.05) is 70.6 Å². The molecule has 7 nitrogen and oxygen atoms in total. The number of ether oxygens (including phenoxy) is 1. The van der Waals surface area contributed by atoms with Crippen molar-refractivity contribution in [3.8, 4) is 0 Å². The van der Waals surface area contributed by atoms with Gasteiger partial charge in [0.2, 0.25) is 0 Å². The third-order valence-electron chi connectivity index (χ3n) is 13.3. The lowest BCUT2D eigenvalue weighted by molar-refractivity contribution is -0.0468. The van der Waals surface area contributed by atoms with Crippen LogP contribution in [0.2, 0.25) is 0 Å². The van der Waals surface area contributed by atoms with Crippen molar-refractivity contribution < 1.29 is 4.74 Å². The van der Waals surface area contributed by atoms with E-state index in [0.29, 0.717) is 18.1 Å². The number of hydrogen-bond acceptors (Lipinski definition) is 7. The molecule has 282 valence electrons. The van der Waals surface area contributed by atoms with Crippen molar-refractivity contribution in [1.29, 1.82) is 0 Å². The molecule has 0 aromatic rings. The predicted octanol–water partition coefficient (Wildman–Crippen LogP) is 6.73. The predicted molar refractivity (Wildman–Crippen MR) is 205 cm³/mol. The van der Waals surface area contributed by atoms with Crippen LogP contribution in [0.4, 0.5) is 0 Å². The van der Waals surface area contributed by atoms with Crippen molar-refractivity contribution in [2.24, 2.45) is 58.1 Å². The average molecular weight is 675 g/mol. The Morgan fingerprint density at radius 3 is 1.35 bits per heavy atom. The summed E-state index contributed by atoms with van der Waals surface area (Å²) < 4.78 is 5.18. The lowest BCUT2D eigenvalue weighted by Gasteiger charge is -2.56. The molecule has 9 fully saturated rings. The Kier molecular flexibility index (Phi) is 20.3. The van der Waals surface area contributed by atoms with Crippen molar-refractivity contribution in [2.75, 3.05) is 65.5 Å². The van der Waals surface area contributed by atoms with E-state index >= 15 is 0 Å². The number of rotatable bonds is 7. The Morgan fingerprint density at radius 2 is 0.979 bits per heavy atom. The summed E-state index contributed by atoms with van der Waals surface area (Å²) in [6.07, 6.45) is 33.8. The van der Waals surface area contributed by atoms with Gasteiger partial charge in [0.1, 0.15) is 0 Å². The molecule has 3 saturated heterocycles. The molecule has 9 aliphatic rings. The summed E-state index contributed by atoms with van der Waals surface area (Å²) in [4.78, 5) is 0. The molecule has 1 atom stereocenters. The van der Waals surface area contributed by atoms with Crippen molar-refractivity contribution in [3.63, 3.8) is 0 Å². The van der Waals surface area contributed by atoms with E-state index in [4.69, 9.17) is 21.9 Å². The maximum absolute atomic E-state index is 5.93. The molecule has 9 rings (SSSR count). The second-order valence-corrected chi connectivity index (χ2v) is 17.4. The first kappa shape index (κ1) is 40.5. The topological polar surface area (TPSA) is 123 Å². The zero-order valence-electron chi connectivity index (χ0n) is 31.5. The summed E-state index contributed by atoms with van der Waals surface area (Å²) in [6.45, 7) is 10.6. The fraction of sp³-hybridized carbons (Fsp3) is 1.00. The number of hydrogen-bond donors (Lipinski definition) is 6. The maximum atomic E-state index is 5.93. The van der Waals surface area contributed by atoms with Crippen LogP contribution < -0.4 is 33.2 Å². The number of nitrogens with two attached hydrogens (primary N) is 3. The zero-order valence-corrected chi connectivity index (χ0v) is 31.5. The van der Waals surface area contributed by atoms with E-state index in [9.17, 15) is 0 Å². The zero-order chi connectivity index (χ0) is 33.7. The second-order valence-electron chi connectivity index (χ2n) is 17.4. The molecule has 4 bridgehead atoms. The summed E-state index contributed by atoms with van der Waals surface area (Å²) in [6, 6.07) is 0. The highest BCUT2D eigenvalue weighted by Crippen LogP contribution is 2.59. The van der Waals surface area contributed by atoms with Gasteiger partial charge >= 0.3 is 0 Å². The number of nitrogens with one attached hydrogen (secondary N) is 3. The van der Waals surface area contributed by atoms with Gasteiger partial charge in [-0.3, -0.25) is 0 Å². The van der Waals surface area contributed by atoms with Crippen LogP contribution in [0.3, 0.4) is 0 Å². The van der Waals surface area contributed by atoms with E-state index in [2.05, 4.69) is 16.0 Å². The van der Waals surface area contributed by atoms with Gasteiger partial charge in [-0.05, 0) is 144 Å². The molecule has 0 radical (unpaired) electrons. The Hall–Kier alpha value is -0.280. The van der Waals surface area contributed by atoms with Crippen molar-refractivity contribution in [1.82, 2.24) is 16.0 Å². The van der Waals surface area contributed by atoms with Crippen LogP contribution in [0, 0.1) is 40.9 Å². The molecular weight excluding hydrogens is 592 g/mol.